The largest absolute Gasteiger partial charge is 0.481 e. The van der Waals surface area contributed by atoms with Crippen LogP contribution in [-0.4, -0.2) is 47.3 Å². The number of rotatable bonds is 8. The monoisotopic (exact) mass is 313 g/mol. The van der Waals surface area contributed by atoms with Gasteiger partial charge in [-0.1, -0.05) is 0 Å². The molecule has 1 aromatic heterocycles. The average Bonchev–Trinajstić information content (AvgIpc) is 2.49. The van der Waals surface area contributed by atoms with E-state index in [-0.39, 0.29) is 6.54 Å². The highest BCUT2D eigenvalue weighted by Gasteiger charge is 2.18. The van der Waals surface area contributed by atoms with Crippen molar-refractivity contribution in [3.05, 3.63) is 23.9 Å². The summed E-state index contributed by atoms with van der Waals surface area (Å²) >= 11 is 1.53. The van der Waals surface area contributed by atoms with Crippen molar-refractivity contribution in [2.45, 2.75) is 19.0 Å². The van der Waals surface area contributed by atoms with Crippen LogP contribution in [0.4, 0.5) is 4.79 Å². The maximum atomic E-state index is 11.7. The topological polar surface area (TPSA) is 101 Å². The van der Waals surface area contributed by atoms with Gasteiger partial charge in [-0.3, -0.25) is 0 Å². The Morgan fingerprint density at radius 3 is 2.90 bits per heavy atom. The van der Waals surface area contributed by atoms with E-state index >= 15 is 0 Å². The van der Waals surface area contributed by atoms with Crippen LogP contribution in [0.3, 0.4) is 0 Å². The van der Waals surface area contributed by atoms with Gasteiger partial charge in [0, 0.05) is 18.8 Å². The predicted octanol–water partition coefficient (Wildman–Crippen LogP) is 1.10. The number of aromatic nitrogens is 1. The molecule has 1 rings (SSSR count). The fourth-order valence-electron chi connectivity index (χ4n) is 1.56. The number of aliphatic carboxylic acids is 1. The molecule has 0 bridgehead atoms. The summed E-state index contributed by atoms with van der Waals surface area (Å²) in [4.78, 5) is 26.7. The molecular weight excluding hydrogens is 294 g/mol. The lowest BCUT2D eigenvalue weighted by atomic mass is 10.2. The number of ether oxygens (including phenoxy) is 1. The second-order valence-corrected chi connectivity index (χ2v) is 5.19. The molecule has 2 amide bonds. The molecular formula is C13H19N3O4S. The molecule has 0 aromatic carbocycles. The molecule has 0 saturated heterocycles. The fourth-order valence-corrected chi connectivity index (χ4v) is 2.03. The molecule has 21 heavy (non-hydrogen) atoms. The molecule has 116 valence electrons. The number of nitrogens with one attached hydrogen (secondary N) is 2. The van der Waals surface area contributed by atoms with Crippen LogP contribution in [0.5, 0.6) is 5.88 Å². The Balaban J connectivity index is 2.46. The predicted molar refractivity (Wildman–Crippen MR) is 80.6 cm³/mol. The number of methoxy groups -OCH3 is 1. The molecule has 0 radical (unpaired) electrons. The van der Waals surface area contributed by atoms with Crippen molar-refractivity contribution in [1.82, 2.24) is 15.6 Å². The van der Waals surface area contributed by atoms with Gasteiger partial charge in [0.15, 0.2) is 0 Å². The van der Waals surface area contributed by atoms with Gasteiger partial charge in [0.25, 0.3) is 0 Å². The lowest BCUT2D eigenvalue weighted by Gasteiger charge is -2.14. The van der Waals surface area contributed by atoms with Crippen LogP contribution in [0.1, 0.15) is 12.0 Å². The summed E-state index contributed by atoms with van der Waals surface area (Å²) in [6, 6.07) is 2.04. The summed E-state index contributed by atoms with van der Waals surface area (Å²) in [5, 5.41) is 14.1. The number of carboxylic acids is 1. The SMILES string of the molecule is COc1cc(CNC(=O)N[C@H](CCSC)C(=O)O)ccn1. The highest BCUT2D eigenvalue weighted by molar-refractivity contribution is 7.98. The number of hydrogen-bond acceptors (Lipinski definition) is 5. The Bertz CT molecular complexity index is 484. The number of carbonyl (C=O) groups is 2. The standard InChI is InChI=1S/C13H19N3O4S/c1-20-11-7-9(3-5-14-11)8-15-13(19)16-10(12(17)18)4-6-21-2/h3,5,7,10H,4,6,8H2,1-2H3,(H,17,18)(H2,15,16,19)/t10-/m1/s1. The third kappa shape index (κ3) is 6.35. The van der Waals surface area contributed by atoms with E-state index in [1.165, 1.54) is 18.9 Å². The fraction of sp³-hybridized carbons (Fsp3) is 0.462. The van der Waals surface area contributed by atoms with Crippen LogP contribution in [0.2, 0.25) is 0 Å². The van der Waals surface area contributed by atoms with E-state index in [1.54, 1.807) is 18.3 Å². The smallest absolute Gasteiger partial charge is 0.326 e. The summed E-state index contributed by atoms with van der Waals surface area (Å²) in [7, 11) is 1.51. The average molecular weight is 313 g/mol. The molecule has 7 nitrogen and oxygen atoms in total. The number of urea groups is 1. The molecule has 1 heterocycles. The summed E-state index contributed by atoms with van der Waals surface area (Å²) in [5.74, 6) is 0.0848. The second kappa shape index (κ2) is 9.06. The zero-order valence-electron chi connectivity index (χ0n) is 12.0. The quantitative estimate of drug-likeness (QED) is 0.664. The van der Waals surface area contributed by atoms with Gasteiger partial charge in [0.2, 0.25) is 5.88 Å². The first-order chi connectivity index (χ1) is 10.1. The summed E-state index contributed by atoms with van der Waals surface area (Å²) < 4.78 is 4.98. The van der Waals surface area contributed by atoms with Crippen molar-refractivity contribution in [2.24, 2.45) is 0 Å². The summed E-state index contributed by atoms with van der Waals surface area (Å²) in [5.41, 5.74) is 0.813. The molecule has 1 aromatic rings. The number of carboxylic acid groups (broad SMARTS) is 1. The Hall–Kier alpha value is -1.96. The molecule has 3 N–H and O–H groups in total. The van der Waals surface area contributed by atoms with Crippen molar-refractivity contribution in [3.8, 4) is 5.88 Å². The van der Waals surface area contributed by atoms with Crippen molar-refractivity contribution in [1.29, 1.82) is 0 Å². The minimum absolute atomic E-state index is 0.263. The maximum absolute atomic E-state index is 11.7. The molecule has 0 aliphatic carbocycles. The van der Waals surface area contributed by atoms with Crippen LogP contribution in [0.25, 0.3) is 0 Å². The van der Waals surface area contributed by atoms with Crippen LogP contribution in [0.15, 0.2) is 18.3 Å². The van der Waals surface area contributed by atoms with E-state index in [4.69, 9.17) is 9.84 Å². The van der Waals surface area contributed by atoms with E-state index in [2.05, 4.69) is 15.6 Å². The van der Waals surface area contributed by atoms with Gasteiger partial charge in [-0.2, -0.15) is 11.8 Å². The minimum atomic E-state index is -1.04. The lowest BCUT2D eigenvalue weighted by molar-refractivity contribution is -0.139. The first-order valence-corrected chi connectivity index (χ1v) is 7.71. The second-order valence-electron chi connectivity index (χ2n) is 4.21. The van der Waals surface area contributed by atoms with E-state index in [0.29, 0.717) is 18.1 Å². The molecule has 8 heteroatoms. The molecule has 0 aliphatic rings. The molecule has 0 unspecified atom stereocenters. The van der Waals surface area contributed by atoms with Crippen molar-refractivity contribution >= 4 is 23.8 Å². The van der Waals surface area contributed by atoms with Crippen LogP contribution in [-0.2, 0) is 11.3 Å². The van der Waals surface area contributed by atoms with Gasteiger partial charge in [0.1, 0.15) is 6.04 Å². The highest BCUT2D eigenvalue weighted by atomic mass is 32.2. The van der Waals surface area contributed by atoms with Crippen LogP contribution >= 0.6 is 11.8 Å². The lowest BCUT2D eigenvalue weighted by Crippen LogP contribution is -2.46. The van der Waals surface area contributed by atoms with E-state index < -0.39 is 18.0 Å². The third-order valence-corrected chi connectivity index (χ3v) is 3.32. The molecule has 0 fully saturated rings. The van der Waals surface area contributed by atoms with Crippen LogP contribution < -0.4 is 15.4 Å². The van der Waals surface area contributed by atoms with Gasteiger partial charge < -0.3 is 20.5 Å². The van der Waals surface area contributed by atoms with Gasteiger partial charge in [-0.05, 0) is 30.1 Å². The molecule has 0 saturated carbocycles. The number of thioether (sulfide) groups is 1. The van der Waals surface area contributed by atoms with Gasteiger partial charge >= 0.3 is 12.0 Å². The minimum Gasteiger partial charge on any atom is -0.481 e. The zero-order chi connectivity index (χ0) is 15.7. The first-order valence-electron chi connectivity index (χ1n) is 6.32. The molecule has 0 aliphatic heterocycles. The van der Waals surface area contributed by atoms with E-state index in [9.17, 15) is 9.59 Å². The van der Waals surface area contributed by atoms with Crippen LogP contribution in [0, 0.1) is 0 Å². The number of pyridine rings is 1. The Morgan fingerprint density at radius 1 is 1.52 bits per heavy atom. The first kappa shape index (κ1) is 17.1. The van der Waals surface area contributed by atoms with E-state index in [0.717, 1.165) is 5.56 Å². The zero-order valence-corrected chi connectivity index (χ0v) is 12.8. The highest BCUT2D eigenvalue weighted by Crippen LogP contribution is 2.08. The van der Waals surface area contributed by atoms with Crippen molar-refractivity contribution in [2.75, 3.05) is 19.1 Å². The summed E-state index contributed by atoms with van der Waals surface area (Å²) in [6.07, 6.45) is 3.84. The molecule has 1 atom stereocenters. The Labute approximate surface area is 127 Å². The van der Waals surface area contributed by atoms with Gasteiger partial charge in [0.05, 0.1) is 7.11 Å². The summed E-state index contributed by atoms with van der Waals surface area (Å²) in [6.45, 7) is 0.263. The molecule has 0 spiro atoms. The number of amides is 2. The third-order valence-electron chi connectivity index (χ3n) is 2.68. The maximum Gasteiger partial charge on any atom is 0.326 e. The van der Waals surface area contributed by atoms with Gasteiger partial charge in [-0.25, -0.2) is 14.6 Å². The Kier molecular flexibility index (Phi) is 7.38. The van der Waals surface area contributed by atoms with E-state index in [1.807, 2.05) is 6.26 Å². The Morgan fingerprint density at radius 2 is 2.29 bits per heavy atom. The number of hydrogen-bond donors (Lipinski definition) is 3. The number of nitrogens with zero attached hydrogens (tertiary/aromatic N) is 1. The number of carbonyl (C=O) groups excluding carboxylic acids is 1. The van der Waals surface area contributed by atoms with Crippen molar-refractivity contribution < 1.29 is 19.4 Å². The van der Waals surface area contributed by atoms with Gasteiger partial charge in [-0.15, -0.1) is 0 Å². The normalized spacial score (nSPS) is 11.5. The van der Waals surface area contributed by atoms with Crippen molar-refractivity contribution in [3.63, 3.8) is 0 Å².